The number of hydrogen-bond acceptors (Lipinski definition) is 4. The smallest absolute Gasteiger partial charge is 0.433 e. The molecule has 0 bridgehead atoms. The summed E-state index contributed by atoms with van der Waals surface area (Å²) in [5.74, 6) is 1.11. The second-order valence-electron chi connectivity index (χ2n) is 6.36. The molecule has 2 heterocycles. The van der Waals surface area contributed by atoms with Gasteiger partial charge in [0, 0.05) is 18.7 Å². The van der Waals surface area contributed by atoms with Crippen LogP contribution in [0.25, 0.3) is 11.3 Å². The number of nitrogens with zero attached hydrogens (tertiary/aromatic N) is 3. The van der Waals surface area contributed by atoms with Crippen LogP contribution in [-0.4, -0.2) is 30.2 Å². The van der Waals surface area contributed by atoms with Crippen molar-refractivity contribution in [3.63, 3.8) is 0 Å². The predicted octanol–water partition coefficient (Wildman–Crippen LogP) is 4.41. The van der Waals surface area contributed by atoms with E-state index in [4.69, 9.17) is 4.74 Å². The first-order valence-electron chi connectivity index (χ1n) is 8.22. The second kappa shape index (κ2) is 6.90. The van der Waals surface area contributed by atoms with Gasteiger partial charge in [-0.3, -0.25) is 0 Å². The van der Waals surface area contributed by atoms with Gasteiger partial charge in [0.25, 0.3) is 0 Å². The molecule has 1 aromatic carbocycles. The van der Waals surface area contributed by atoms with Crippen LogP contribution < -0.4 is 9.64 Å². The van der Waals surface area contributed by atoms with Crippen LogP contribution in [0.15, 0.2) is 30.3 Å². The number of benzene rings is 1. The summed E-state index contributed by atoms with van der Waals surface area (Å²) in [5, 5.41) is 0. The van der Waals surface area contributed by atoms with Gasteiger partial charge in [-0.25, -0.2) is 9.97 Å². The lowest BCUT2D eigenvalue weighted by Crippen LogP contribution is -2.36. The Balaban J connectivity index is 2.06. The Morgan fingerprint density at radius 1 is 1.20 bits per heavy atom. The average Bonchev–Trinajstić information content (AvgIpc) is 2.60. The molecule has 25 heavy (non-hydrogen) atoms. The maximum absolute atomic E-state index is 13.3. The first-order chi connectivity index (χ1) is 11.9. The molecule has 0 N–H and O–H groups in total. The standard InChI is InChI=1S/C18H20F3N3O/c1-12-5-4-8-24(11-12)17-22-15(10-16(23-17)18(19,20)21)13-6-3-7-14(9-13)25-2/h3,6-7,9-10,12H,4-5,8,11H2,1-2H3/t12-/m1/s1. The summed E-state index contributed by atoms with van der Waals surface area (Å²) in [4.78, 5) is 10.0. The summed E-state index contributed by atoms with van der Waals surface area (Å²) < 4.78 is 45.1. The molecular formula is C18H20F3N3O. The first-order valence-corrected chi connectivity index (χ1v) is 8.22. The van der Waals surface area contributed by atoms with E-state index in [0.29, 0.717) is 30.3 Å². The van der Waals surface area contributed by atoms with Gasteiger partial charge in [0.2, 0.25) is 5.95 Å². The van der Waals surface area contributed by atoms with Crippen LogP contribution in [0.4, 0.5) is 19.1 Å². The van der Waals surface area contributed by atoms with E-state index < -0.39 is 11.9 Å². The molecule has 134 valence electrons. The van der Waals surface area contributed by atoms with Gasteiger partial charge in [-0.2, -0.15) is 13.2 Å². The Morgan fingerprint density at radius 3 is 2.68 bits per heavy atom. The van der Waals surface area contributed by atoms with Gasteiger partial charge >= 0.3 is 6.18 Å². The number of anilines is 1. The topological polar surface area (TPSA) is 38.2 Å². The lowest BCUT2D eigenvalue weighted by molar-refractivity contribution is -0.141. The zero-order chi connectivity index (χ0) is 18.0. The van der Waals surface area contributed by atoms with Gasteiger partial charge < -0.3 is 9.64 Å². The SMILES string of the molecule is COc1cccc(-c2cc(C(F)(F)F)nc(N3CCC[C@@H](C)C3)n2)c1. The van der Waals surface area contributed by atoms with E-state index in [1.54, 1.807) is 24.3 Å². The normalized spacial score (nSPS) is 18.3. The Kier molecular flexibility index (Phi) is 4.83. The van der Waals surface area contributed by atoms with Crippen LogP contribution in [0, 0.1) is 5.92 Å². The molecular weight excluding hydrogens is 331 g/mol. The van der Waals surface area contributed by atoms with Crippen LogP contribution in [0.5, 0.6) is 5.75 Å². The van der Waals surface area contributed by atoms with Crippen molar-refractivity contribution < 1.29 is 17.9 Å². The van der Waals surface area contributed by atoms with Crippen LogP contribution in [0.2, 0.25) is 0 Å². The third-order valence-electron chi connectivity index (χ3n) is 4.31. The average molecular weight is 351 g/mol. The molecule has 1 aromatic heterocycles. The number of halogens is 3. The highest BCUT2D eigenvalue weighted by atomic mass is 19.4. The lowest BCUT2D eigenvalue weighted by Gasteiger charge is -2.31. The zero-order valence-corrected chi connectivity index (χ0v) is 14.2. The third-order valence-corrected chi connectivity index (χ3v) is 4.31. The van der Waals surface area contributed by atoms with E-state index in [-0.39, 0.29) is 11.6 Å². The summed E-state index contributed by atoms with van der Waals surface area (Å²) in [5.41, 5.74) is -0.110. The molecule has 4 nitrogen and oxygen atoms in total. The Bertz CT molecular complexity index is 749. The molecule has 7 heteroatoms. The van der Waals surface area contributed by atoms with Crippen molar-refractivity contribution >= 4 is 5.95 Å². The van der Waals surface area contributed by atoms with Gasteiger partial charge in [0.05, 0.1) is 12.8 Å². The molecule has 0 radical (unpaired) electrons. The second-order valence-corrected chi connectivity index (χ2v) is 6.36. The van der Waals surface area contributed by atoms with E-state index in [9.17, 15) is 13.2 Å². The fraction of sp³-hybridized carbons (Fsp3) is 0.444. The van der Waals surface area contributed by atoms with Crippen LogP contribution in [-0.2, 0) is 6.18 Å². The summed E-state index contributed by atoms with van der Waals surface area (Å²) in [6.07, 6.45) is -2.53. The van der Waals surface area contributed by atoms with E-state index in [2.05, 4.69) is 16.9 Å². The van der Waals surface area contributed by atoms with Crippen LogP contribution >= 0.6 is 0 Å². The van der Waals surface area contributed by atoms with Crippen molar-refractivity contribution in [1.82, 2.24) is 9.97 Å². The Labute approximate surface area is 144 Å². The highest BCUT2D eigenvalue weighted by Crippen LogP contribution is 2.33. The van der Waals surface area contributed by atoms with Crippen molar-refractivity contribution in [3.8, 4) is 17.0 Å². The molecule has 0 unspecified atom stereocenters. The van der Waals surface area contributed by atoms with Gasteiger partial charge in [-0.05, 0) is 37.0 Å². The number of aromatic nitrogens is 2. The van der Waals surface area contributed by atoms with E-state index in [1.807, 2.05) is 4.90 Å². The highest BCUT2D eigenvalue weighted by Gasteiger charge is 2.34. The van der Waals surface area contributed by atoms with Crippen molar-refractivity contribution in [2.45, 2.75) is 25.9 Å². The summed E-state index contributed by atoms with van der Waals surface area (Å²) >= 11 is 0. The maximum atomic E-state index is 13.3. The van der Waals surface area contributed by atoms with Gasteiger partial charge in [0.1, 0.15) is 5.75 Å². The molecule has 1 fully saturated rings. The van der Waals surface area contributed by atoms with Crippen molar-refractivity contribution in [3.05, 3.63) is 36.0 Å². The van der Waals surface area contributed by atoms with Gasteiger partial charge in [0.15, 0.2) is 5.69 Å². The summed E-state index contributed by atoms with van der Waals surface area (Å²) in [7, 11) is 1.51. The monoisotopic (exact) mass is 351 g/mol. The number of ether oxygens (including phenoxy) is 1. The predicted molar refractivity (Wildman–Crippen MR) is 89.6 cm³/mol. The number of rotatable bonds is 3. The molecule has 1 aliphatic heterocycles. The summed E-state index contributed by atoms with van der Waals surface area (Å²) in [6.45, 7) is 3.42. The molecule has 1 saturated heterocycles. The van der Waals surface area contributed by atoms with Crippen molar-refractivity contribution in [2.75, 3.05) is 25.1 Å². The molecule has 1 atom stereocenters. The van der Waals surface area contributed by atoms with Crippen molar-refractivity contribution in [2.24, 2.45) is 5.92 Å². The quantitative estimate of drug-likeness (QED) is 0.821. The number of methoxy groups -OCH3 is 1. The maximum Gasteiger partial charge on any atom is 0.433 e. The fourth-order valence-electron chi connectivity index (χ4n) is 3.02. The van der Waals surface area contributed by atoms with Crippen LogP contribution in [0.1, 0.15) is 25.5 Å². The fourth-order valence-corrected chi connectivity index (χ4v) is 3.02. The largest absolute Gasteiger partial charge is 0.497 e. The minimum Gasteiger partial charge on any atom is -0.497 e. The summed E-state index contributed by atoms with van der Waals surface area (Å²) in [6, 6.07) is 7.85. The molecule has 0 saturated carbocycles. The first kappa shape index (κ1) is 17.5. The number of alkyl halides is 3. The van der Waals surface area contributed by atoms with E-state index in [1.165, 1.54) is 7.11 Å². The van der Waals surface area contributed by atoms with Gasteiger partial charge in [-0.15, -0.1) is 0 Å². The molecule has 1 aliphatic rings. The molecule has 3 rings (SSSR count). The van der Waals surface area contributed by atoms with Crippen LogP contribution in [0.3, 0.4) is 0 Å². The Hall–Kier alpha value is -2.31. The minimum absolute atomic E-state index is 0.138. The zero-order valence-electron chi connectivity index (χ0n) is 14.2. The molecule has 0 amide bonds. The van der Waals surface area contributed by atoms with Crippen molar-refractivity contribution in [1.29, 1.82) is 0 Å². The lowest BCUT2D eigenvalue weighted by atomic mass is 10.0. The van der Waals surface area contributed by atoms with Gasteiger partial charge in [-0.1, -0.05) is 19.1 Å². The molecule has 0 aliphatic carbocycles. The Morgan fingerprint density at radius 2 is 2.00 bits per heavy atom. The number of hydrogen-bond donors (Lipinski definition) is 0. The highest BCUT2D eigenvalue weighted by molar-refractivity contribution is 5.63. The minimum atomic E-state index is -4.52. The third kappa shape index (κ3) is 4.03. The van der Waals surface area contributed by atoms with E-state index >= 15 is 0 Å². The molecule has 2 aromatic rings. The molecule has 0 spiro atoms. The van der Waals surface area contributed by atoms with E-state index in [0.717, 1.165) is 18.9 Å². The number of piperidine rings is 1.